The number of imidazole rings is 1. The van der Waals surface area contributed by atoms with E-state index in [2.05, 4.69) is 51.7 Å². The van der Waals surface area contributed by atoms with E-state index in [-0.39, 0.29) is 5.82 Å². The second kappa shape index (κ2) is 8.92. The quantitative estimate of drug-likeness (QED) is 0.278. The van der Waals surface area contributed by atoms with Crippen LogP contribution in [0.1, 0.15) is 22.3 Å². The monoisotopic (exact) mass is 477 g/mol. The summed E-state index contributed by atoms with van der Waals surface area (Å²) < 4.78 is 24.0. The van der Waals surface area contributed by atoms with Gasteiger partial charge in [-0.15, -0.1) is 0 Å². The number of hydrogen-bond acceptors (Lipinski definition) is 4. The Morgan fingerprint density at radius 3 is 2.50 bits per heavy atom. The smallest absolute Gasteiger partial charge is 0.260 e. The molecule has 0 spiro atoms. The van der Waals surface area contributed by atoms with Crippen molar-refractivity contribution >= 4 is 10.9 Å². The molecule has 0 bridgehead atoms. The molecule has 0 amide bonds. The van der Waals surface area contributed by atoms with Gasteiger partial charge in [-0.25, -0.2) is 9.37 Å². The average Bonchev–Trinajstić information content (AvgIpc) is 3.63. The van der Waals surface area contributed by atoms with Crippen molar-refractivity contribution in [3.8, 4) is 22.8 Å². The zero-order chi connectivity index (χ0) is 24.6. The fourth-order valence-electron chi connectivity index (χ4n) is 4.47. The van der Waals surface area contributed by atoms with Gasteiger partial charge >= 0.3 is 0 Å². The van der Waals surface area contributed by atoms with E-state index in [1.165, 1.54) is 28.8 Å². The molecule has 178 valence electrons. The standard InChI is InChI=1S/C29H24FN5O/c1-19-3-4-22(13-20(19)2)16-35-17-26(25-14-24(30)9-10-27(25)35)29-32-28(33-36-29)23-7-5-21(6-8-23)15-34-12-11-31-18-34/h3-14,17-18H,15-16H2,1-2H3. The van der Waals surface area contributed by atoms with E-state index in [0.29, 0.717) is 23.8 Å². The third-order valence-electron chi connectivity index (χ3n) is 6.56. The van der Waals surface area contributed by atoms with Crippen molar-refractivity contribution in [1.82, 2.24) is 24.3 Å². The predicted octanol–water partition coefficient (Wildman–Crippen LogP) is 6.41. The summed E-state index contributed by atoms with van der Waals surface area (Å²) >= 11 is 0. The Bertz CT molecular complexity index is 1660. The molecule has 0 unspecified atom stereocenters. The lowest BCUT2D eigenvalue weighted by Crippen LogP contribution is -1.98. The summed E-state index contributed by atoms with van der Waals surface area (Å²) in [7, 11) is 0. The highest BCUT2D eigenvalue weighted by Gasteiger charge is 2.18. The van der Waals surface area contributed by atoms with Crippen LogP contribution in [0.2, 0.25) is 0 Å². The molecule has 0 radical (unpaired) electrons. The van der Waals surface area contributed by atoms with E-state index in [4.69, 9.17) is 4.52 Å². The third kappa shape index (κ3) is 4.20. The van der Waals surface area contributed by atoms with Gasteiger partial charge in [0.15, 0.2) is 0 Å². The summed E-state index contributed by atoms with van der Waals surface area (Å²) in [5.74, 6) is 0.550. The van der Waals surface area contributed by atoms with Gasteiger partial charge in [-0.2, -0.15) is 4.98 Å². The van der Waals surface area contributed by atoms with Gasteiger partial charge in [0.25, 0.3) is 5.89 Å². The highest BCUT2D eigenvalue weighted by atomic mass is 19.1. The van der Waals surface area contributed by atoms with Crippen molar-refractivity contribution < 1.29 is 8.91 Å². The van der Waals surface area contributed by atoms with Crippen LogP contribution in [-0.2, 0) is 13.1 Å². The summed E-state index contributed by atoms with van der Waals surface area (Å²) in [5.41, 5.74) is 7.29. The number of fused-ring (bicyclic) bond motifs is 1. The van der Waals surface area contributed by atoms with E-state index >= 15 is 0 Å². The Hall–Kier alpha value is -4.52. The minimum atomic E-state index is -0.305. The largest absolute Gasteiger partial charge is 0.342 e. The lowest BCUT2D eigenvalue weighted by molar-refractivity contribution is 0.432. The van der Waals surface area contributed by atoms with Crippen LogP contribution in [0.25, 0.3) is 33.7 Å². The van der Waals surface area contributed by atoms with Crippen molar-refractivity contribution in [3.63, 3.8) is 0 Å². The van der Waals surface area contributed by atoms with Crippen molar-refractivity contribution in [2.24, 2.45) is 0 Å². The molecule has 6 aromatic rings. The minimum Gasteiger partial charge on any atom is -0.342 e. The van der Waals surface area contributed by atoms with Crippen molar-refractivity contribution in [1.29, 1.82) is 0 Å². The van der Waals surface area contributed by atoms with Crippen LogP contribution in [0.15, 0.2) is 90.1 Å². The molecular formula is C29H24FN5O. The second-order valence-corrected chi connectivity index (χ2v) is 9.11. The molecule has 0 fully saturated rings. The second-order valence-electron chi connectivity index (χ2n) is 9.11. The molecule has 3 heterocycles. The Kier molecular flexibility index (Phi) is 5.45. The van der Waals surface area contributed by atoms with Crippen molar-refractivity contribution in [3.05, 3.63) is 114 Å². The number of aryl methyl sites for hydroxylation is 2. The minimum absolute atomic E-state index is 0.305. The number of rotatable bonds is 6. The lowest BCUT2D eigenvalue weighted by Gasteiger charge is -2.08. The summed E-state index contributed by atoms with van der Waals surface area (Å²) in [6, 6.07) is 19.3. The first-order chi connectivity index (χ1) is 17.5. The van der Waals surface area contributed by atoms with E-state index in [0.717, 1.165) is 28.6 Å². The predicted molar refractivity (Wildman–Crippen MR) is 137 cm³/mol. The van der Waals surface area contributed by atoms with Crippen molar-refractivity contribution in [2.45, 2.75) is 26.9 Å². The van der Waals surface area contributed by atoms with Crippen molar-refractivity contribution in [2.75, 3.05) is 0 Å². The molecule has 0 atom stereocenters. The van der Waals surface area contributed by atoms with Gasteiger partial charge in [0.05, 0.1) is 11.9 Å². The van der Waals surface area contributed by atoms with E-state index in [9.17, 15) is 4.39 Å². The first-order valence-electron chi connectivity index (χ1n) is 11.8. The molecule has 7 heteroatoms. The van der Waals surface area contributed by atoms with Gasteiger partial charge < -0.3 is 13.7 Å². The Morgan fingerprint density at radius 2 is 1.72 bits per heavy atom. The summed E-state index contributed by atoms with van der Waals surface area (Å²) in [5, 5.41) is 4.95. The summed E-state index contributed by atoms with van der Waals surface area (Å²) in [6.45, 7) is 5.61. The Labute approximate surface area is 207 Å². The van der Waals surface area contributed by atoms with Crippen LogP contribution in [0.3, 0.4) is 0 Å². The van der Waals surface area contributed by atoms with Gasteiger partial charge in [-0.05, 0) is 54.3 Å². The number of benzene rings is 3. The fraction of sp³-hybridized carbons (Fsp3) is 0.138. The molecule has 0 aliphatic carbocycles. The molecule has 6 rings (SSSR count). The zero-order valence-electron chi connectivity index (χ0n) is 20.0. The molecule has 0 aliphatic rings. The normalized spacial score (nSPS) is 11.4. The molecule has 0 saturated heterocycles. The Morgan fingerprint density at radius 1 is 0.889 bits per heavy atom. The van der Waals surface area contributed by atoms with E-state index in [1.807, 2.05) is 41.2 Å². The molecular weight excluding hydrogens is 453 g/mol. The first-order valence-corrected chi connectivity index (χ1v) is 11.8. The lowest BCUT2D eigenvalue weighted by atomic mass is 10.1. The number of aromatic nitrogens is 5. The van der Waals surface area contributed by atoms with Crippen LogP contribution in [-0.4, -0.2) is 24.3 Å². The average molecular weight is 478 g/mol. The maximum absolute atomic E-state index is 14.2. The van der Waals surface area contributed by atoms with E-state index in [1.54, 1.807) is 18.6 Å². The number of hydrogen-bond donors (Lipinski definition) is 0. The summed E-state index contributed by atoms with van der Waals surface area (Å²) in [4.78, 5) is 8.73. The van der Waals surface area contributed by atoms with Crippen LogP contribution in [0, 0.1) is 19.7 Å². The third-order valence-corrected chi connectivity index (χ3v) is 6.56. The van der Waals surface area contributed by atoms with E-state index < -0.39 is 0 Å². The first kappa shape index (κ1) is 22.0. The SMILES string of the molecule is Cc1ccc(Cn2cc(-c3nc(-c4ccc(Cn5ccnc5)cc4)no3)c3cc(F)ccc32)cc1C. The van der Waals surface area contributed by atoms with Crippen LogP contribution >= 0.6 is 0 Å². The number of nitrogens with zero attached hydrogens (tertiary/aromatic N) is 5. The van der Waals surface area contributed by atoms with Gasteiger partial charge in [0.1, 0.15) is 5.82 Å². The fourth-order valence-corrected chi connectivity index (χ4v) is 4.47. The van der Waals surface area contributed by atoms with Gasteiger partial charge in [0.2, 0.25) is 5.82 Å². The molecule has 3 aromatic carbocycles. The van der Waals surface area contributed by atoms with Gasteiger partial charge in [-0.1, -0.05) is 47.6 Å². The highest BCUT2D eigenvalue weighted by Crippen LogP contribution is 2.32. The maximum atomic E-state index is 14.2. The van der Waals surface area contributed by atoms with Gasteiger partial charge in [-0.3, -0.25) is 0 Å². The Balaban J connectivity index is 1.32. The molecule has 0 N–H and O–H groups in total. The van der Waals surface area contributed by atoms with Gasteiger partial charge in [0, 0.05) is 48.1 Å². The molecule has 6 nitrogen and oxygen atoms in total. The molecule has 3 aromatic heterocycles. The van der Waals surface area contributed by atoms with Crippen LogP contribution in [0.5, 0.6) is 0 Å². The summed E-state index contributed by atoms with van der Waals surface area (Å²) in [6.07, 6.45) is 7.45. The highest BCUT2D eigenvalue weighted by molar-refractivity contribution is 5.94. The topological polar surface area (TPSA) is 61.7 Å². The molecule has 36 heavy (non-hydrogen) atoms. The maximum Gasteiger partial charge on any atom is 0.260 e. The zero-order valence-corrected chi connectivity index (χ0v) is 20.0. The molecule has 0 saturated carbocycles. The van der Waals surface area contributed by atoms with Crippen LogP contribution in [0.4, 0.5) is 4.39 Å². The van der Waals surface area contributed by atoms with Crippen LogP contribution < -0.4 is 0 Å². The number of halogens is 1. The molecule has 0 aliphatic heterocycles.